The van der Waals surface area contributed by atoms with E-state index in [1.807, 2.05) is 0 Å². The number of halogens is 1. The van der Waals surface area contributed by atoms with Gasteiger partial charge >= 0.3 is 5.97 Å². The van der Waals surface area contributed by atoms with Gasteiger partial charge in [0.15, 0.2) is 5.75 Å². The Bertz CT molecular complexity index is 705. The first-order valence-corrected chi connectivity index (χ1v) is 5.90. The highest BCUT2D eigenvalue weighted by Crippen LogP contribution is 2.32. The number of nitrogens with zero attached hydrogens (tertiary/aromatic N) is 1. The fourth-order valence-electron chi connectivity index (χ4n) is 1.70. The van der Waals surface area contributed by atoms with Crippen LogP contribution in [0.15, 0.2) is 27.5 Å². The first-order valence-electron chi connectivity index (χ1n) is 5.11. The van der Waals surface area contributed by atoms with Crippen LogP contribution in [0, 0.1) is 0 Å². The van der Waals surface area contributed by atoms with Crippen molar-refractivity contribution >= 4 is 32.8 Å². The average Bonchev–Trinajstić information content (AvgIpc) is 2.31. The number of pyridine rings is 1. The number of hydrogen-bond acceptors (Lipinski definition) is 4. The maximum absolute atomic E-state index is 12.0. The second kappa shape index (κ2) is 4.45. The summed E-state index contributed by atoms with van der Waals surface area (Å²) in [5.74, 6) is -1.32. The number of rotatable bonds is 1. The van der Waals surface area contributed by atoms with Gasteiger partial charge in [-0.25, -0.2) is 0 Å². The van der Waals surface area contributed by atoms with Crippen molar-refractivity contribution in [3.05, 3.63) is 33.0 Å². The molecule has 1 heterocycles. The van der Waals surface area contributed by atoms with Gasteiger partial charge in [-0.15, -0.1) is 0 Å². The summed E-state index contributed by atoms with van der Waals surface area (Å²) in [6, 6.07) is 5.07. The number of hydrogen-bond donors (Lipinski definition) is 1. The molecule has 0 unspecified atom stereocenters. The Balaban J connectivity index is 2.87. The Hall–Kier alpha value is -1.82. The molecule has 0 aliphatic heterocycles. The zero-order chi connectivity index (χ0) is 13.4. The quantitative estimate of drug-likeness (QED) is 0.817. The normalized spacial score (nSPS) is 10.6. The number of aromatic nitrogens is 1. The Labute approximate surface area is 111 Å². The number of aromatic hydroxyl groups is 1. The zero-order valence-electron chi connectivity index (χ0n) is 9.73. The molecule has 0 spiro atoms. The molecule has 1 aromatic heterocycles. The first kappa shape index (κ1) is 12.6. The molecule has 0 fully saturated rings. The molecule has 0 bridgehead atoms. The molecule has 18 heavy (non-hydrogen) atoms. The van der Waals surface area contributed by atoms with Gasteiger partial charge in [-0.3, -0.25) is 9.59 Å². The molecule has 0 amide bonds. The second-order valence-corrected chi connectivity index (χ2v) is 4.71. The lowest BCUT2D eigenvalue weighted by Crippen LogP contribution is -2.21. The largest absolute Gasteiger partial charge is 0.504 e. The molecular weight excluding hydrogens is 302 g/mol. The molecule has 6 heteroatoms. The Morgan fingerprint density at radius 3 is 2.72 bits per heavy atom. The standard InChI is InChI=1S/C12H10BrNO4/c1-6(15)18-11-10(16)8-4-3-7(13)5-9(8)14(2)12(11)17/h3-5,16H,1-2H3. The van der Waals surface area contributed by atoms with Crippen LogP contribution in [-0.2, 0) is 11.8 Å². The SMILES string of the molecule is CC(=O)Oc1c(O)c2ccc(Br)cc2n(C)c1=O. The molecule has 0 radical (unpaired) electrons. The number of ether oxygens (including phenoxy) is 1. The summed E-state index contributed by atoms with van der Waals surface area (Å²) in [6.07, 6.45) is 0. The van der Waals surface area contributed by atoms with Crippen molar-refractivity contribution in [1.29, 1.82) is 0 Å². The summed E-state index contributed by atoms with van der Waals surface area (Å²) in [7, 11) is 1.55. The second-order valence-electron chi connectivity index (χ2n) is 3.80. The van der Waals surface area contributed by atoms with Crippen molar-refractivity contribution in [1.82, 2.24) is 4.57 Å². The summed E-state index contributed by atoms with van der Waals surface area (Å²) < 4.78 is 6.86. The Morgan fingerprint density at radius 2 is 2.11 bits per heavy atom. The third-order valence-electron chi connectivity index (χ3n) is 2.54. The third kappa shape index (κ3) is 1.99. The summed E-state index contributed by atoms with van der Waals surface area (Å²) in [4.78, 5) is 22.9. The monoisotopic (exact) mass is 311 g/mol. The highest BCUT2D eigenvalue weighted by atomic mass is 79.9. The van der Waals surface area contributed by atoms with Crippen LogP contribution in [0.25, 0.3) is 10.9 Å². The molecule has 0 saturated heterocycles. The van der Waals surface area contributed by atoms with E-state index in [2.05, 4.69) is 15.9 Å². The van der Waals surface area contributed by atoms with Gasteiger partial charge < -0.3 is 14.4 Å². The van der Waals surface area contributed by atoms with Crippen molar-refractivity contribution in [2.45, 2.75) is 6.92 Å². The van der Waals surface area contributed by atoms with Crippen LogP contribution in [-0.4, -0.2) is 15.6 Å². The molecule has 2 rings (SSSR count). The van der Waals surface area contributed by atoms with E-state index in [4.69, 9.17) is 4.74 Å². The summed E-state index contributed by atoms with van der Waals surface area (Å²) in [5.41, 5.74) is -0.0175. The fraction of sp³-hybridized carbons (Fsp3) is 0.167. The molecule has 0 saturated carbocycles. The molecule has 5 nitrogen and oxygen atoms in total. The minimum atomic E-state index is -0.654. The van der Waals surface area contributed by atoms with Gasteiger partial charge in [0, 0.05) is 23.8 Å². The smallest absolute Gasteiger partial charge is 0.308 e. The number of esters is 1. The molecule has 0 atom stereocenters. The van der Waals surface area contributed by atoms with Gasteiger partial charge in [0.25, 0.3) is 5.56 Å². The van der Waals surface area contributed by atoms with E-state index >= 15 is 0 Å². The Morgan fingerprint density at radius 1 is 1.44 bits per heavy atom. The lowest BCUT2D eigenvalue weighted by molar-refractivity contribution is -0.132. The van der Waals surface area contributed by atoms with E-state index in [0.717, 1.165) is 4.47 Å². The molecule has 0 aliphatic rings. The van der Waals surface area contributed by atoms with Crippen LogP contribution in [0.3, 0.4) is 0 Å². The lowest BCUT2D eigenvalue weighted by Gasteiger charge is -2.11. The highest BCUT2D eigenvalue weighted by Gasteiger charge is 2.17. The number of carbonyl (C=O) groups is 1. The van der Waals surface area contributed by atoms with Crippen molar-refractivity contribution in [3.63, 3.8) is 0 Å². The van der Waals surface area contributed by atoms with Gasteiger partial charge in [0.05, 0.1) is 5.52 Å². The van der Waals surface area contributed by atoms with Gasteiger partial charge in [-0.05, 0) is 18.2 Å². The van der Waals surface area contributed by atoms with Crippen molar-refractivity contribution in [3.8, 4) is 11.5 Å². The van der Waals surface area contributed by atoms with Crippen LogP contribution in [0.2, 0.25) is 0 Å². The average molecular weight is 312 g/mol. The van der Waals surface area contributed by atoms with E-state index < -0.39 is 11.5 Å². The lowest BCUT2D eigenvalue weighted by atomic mass is 10.2. The van der Waals surface area contributed by atoms with Gasteiger partial charge in [0.1, 0.15) is 0 Å². The van der Waals surface area contributed by atoms with E-state index in [1.54, 1.807) is 25.2 Å². The number of benzene rings is 1. The van der Waals surface area contributed by atoms with Gasteiger partial charge in [-0.1, -0.05) is 15.9 Å². The first-order chi connectivity index (χ1) is 8.41. The summed E-state index contributed by atoms with van der Waals surface area (Å²) >= 11 is 3.29. The van der Waals surface area contributed by atoms with Crippen LogP contribution < -0.4 is 10.3 Å². The Kier molecular flexibility index (Phi) is 3.13. The van der Waals surface area contributed by atoms with Crippen LogP contribution in [0.5, 0.6) is 11.5 Å². The summed E-state index contributed by atoms with van der Waals surface area (Å²) in [5, 5.41) is 10.4. The molecule has 1 N–H and O–H groups in total. The molecule has 94 valence electrons. The van der Waals surface area contributed by atoms with Crippen molar-refractivity contribution in [2.24, 2.45) is 7.05 Å². The number of carbonyl (C=O) groups excluding carboxylic acids is 1. The highest BCUT2D eigenvalue weighted by molar-refractivity contribution is 9.10. The van der Waals surface area contributed by atoms with Gasteiger partial charge in [0.2, 0.25) is 5.75 Å². The van der Waals surface area contributed by atoms with E-state index in [0.29, 0.717) is 10.9 Å². The van der Waals surface area contributed by atoms with E-state index in [1.165, 1.54) is 11.5 Å². The molecule has 0 aliphatic carbocycles. The van der Waals surface area contributed by atoms with Crippen LogP contribution >= 0.6 is 15.9 Å². The van der Waals surface area contributed by atoms with Crippen LogP contribution in [0.1, 0.15) is 6.92 Å². The predicted molar refractivity (Wildman–Crippen MR) is 69.9 cm³/mol. The van der Waals surface area contributed by atoms with Crippen molar-refractivity contribution in [2.75, 3.05) is 0 Å². The predicted octanol–water partition coefficient (Wildman–Crippen LogP) is 1.93. The third-order valence-corrected chi connectivity index (χ3v) is 3.03. The molecule has 2 aromatic rings. The van der Waals surface area contributed by atoms with Crippen LogP contribution in [0.4, 0.5) is 0 Å². The van der Waals surface area contributed by atoms with E-state index in [9.17, 15) is 14.7 Å². The minimum absolute atomic E-state index is 0.323. The fourth-order valence-corrected chi connectivity index (χ4v) is 2.05. The topological polar surface area (TPSA) is 68.5 Å². The van der Waals surface area contributed by atoms with E-state index in [-0.39, 0.29) is 11.5 Å². The molecular formula is C12H10BrNO4. The number of fused-ring (bicyclic) bond motifs is 1. The minimum Gasteiger partial charge on any atom is -0.504 e. The van der Waals surface area contributed by atoms with Gasteiger partial charge in [-0.2, -0.15) is 0 Å². The maximum Gasteiger partial charge on any atom is 0.308 e. The van der Waals surface area contributed by atoms with Crippen molar-refractivity contribution < 1.29 is 14.6 Å². The number of aryl methyl sites for hydroxylation is 1. The zero-order valence-corrected chi connectivity index (χ0v) is 11.3. The molecule has 1 aromatic carbocycles. The summed E-state index contributed by atoms with van der Waals surface area (Å²) in [6.45, 7) is 1.17. The maximum atomic E-state index is 12.0.